The number of hydrogen-bond donors (Lipinski definition) is 1. The predicted octanol–water partition coefficient (Wildman–Crippen LogP) is 3.57. The first-order chi connectivity index (χ1) is 8.74. The number of rotatable bonds is 2. The first-order valence-electron chi connectivity index (χ1n) is 6.14. The third kappa shape index (κ3) is 1.90. The molecule has 0 atom stereocenters. The third-order valence-corrected chi connectivity index (χ3v) is 3.37. The van der Waals surface area contributed by atoms with Crippen molar-refractivity contribution in [1.82, 2.24) is 9.97 Å². The second-order valence-corrected chi connectivity index (χ2v) is 4.77. The fraction of sp³-hybridized carbons (Fsp3) is 0.188. The van der Waals surface area contributed by atoms with Crippen molar-refractivity contribution in [3.05, 3.63) is 65.0 Å². The summed E-state index contributed by atoms with van der Waals surface area (Å²) in [7, 11) is 0. The van der Waals surface area contributed by atoms with Crippen molar-refractivity contribution in [2.24, 2.45) is 0 Å². The van der Waals surface area contributed by atoms with Crippen molar-refractivity contribution in [3.63, 3.8) is 0 Å². The highest BCUT2D eigenvalue weighted by Crippen LogP contribution is 2.20. The van der Waals surface area contributed by atoms with Crippen LogP contribution in [0.3, 0.4) is 0 Å². The molecule has 1 radical (unpaired) electrons. The van der Waals surface area contributed by atoms with Gasteiger partial charge in [-0.1, -0.05) is 35.9 Å². The van der Waals surface area contributed by atoms with Gasteiger partial charge in [-0.05, 0) is 43.0 Å². The molecule has 1 aromatic heterocycles. The van der Waals surface area contributed by atoms with Crippen molar-refractivity contribution in [2.75, 3.05) is 0 Å². The zero-order chi connectivity index (χ0) is 12.5. The van der Waals surface area contributed by atoms with E-state index in [-0.39, 0.29) is 0 Å². The van der Waals surface area contributed by atoms with Gasteiger partial charge < -0.3 is 4.98 Å². The van der Waals surface area contributed by atoms with Crippen LogP contribution in [0.5, 0.6) is 0 Å². The Hall–Kier alpha value is -2.09. The molecular weight excluding hydrogens is 220 g/mol. The van der Waals surface area contributed by atoms with E-state index in [1.807, 2.05) is 6.07 Å². The van der Waals surface area contributed by atoms with Crippen LogP contribution in [0.2, 0.25) is 0 Å². The van der Waals surface area contributed by atoms with Crippen LogP contribution in [-0.4, -0.2) is 9.97 Å². The van der Waals surface area contributed by atoms with E-state index < -0.39 is 0 Å². The Morgan fingerprint density at radius 3 is 2.89 bits per heavy atom. The Morgan fingerprint density at radius 1 is 1.11 bits per heavy atom. The van der Waals surface area contributed by atoms with Crippen LogP contribution < -0.4 is 0 Å². The van der Waals surface area contributed by atoms with E-state index in [4.69, 9.17) is 0 Å². The summed E-state index contributed by atoms with van der Waals surface area (Å²) < 4.78 is 0. The molecule has 0 saturated carbocycles. The van der Waals surface area contributed by atoms with Gasteiger partial charge in [0.2, 0.25) is 0 Å². The maximum Gasteiger partial charge on any atom is 0.174 e. The van der Waals surface area contributed by atoms with Crippen LogP contribution in [0.1, 0.15) is 22.3 Å². The number of benzene rings is 2. The van der Waals surface area contributed by atoms with Crippen LogP contribution in [-0.2, 0) is 6.42 Å². The average molecular weight is 235 g/mol. The van der Waals surface area contributed by atoms with E-state index in [2.05, 4.69) is 60.5 Å². The second-order valence-electron chi connectivity index (χ2n) is 4.77. The molecule has 0 amide bonds. The van der Waals surface area contributed by atoms with Gasteiger partial charge in [-0.3, -0.25) is 0 Å². The van der Waals surface area contributed by atoms with Crippen molar-refractivity contribution in [1.29, 1.82) is 0 Å². The van der Waals surface area contributed by atoms with Gasteiger partial charge in [0, 0.05) is 0 Å². The molecule has 0 spiro atoms. The lowest BCUT2D eigenvalue weighted by Gasteiger charge is -2.08. The number of para-hydroxylation sites is 1. The zero-order valence-corrected chi connectivity index (χ0v) is 10.6. The Labute approximate surface area is 107 Å². The summed E-state index contributed by atoms with van der Waals surface area (Å²) in [5.41, 5.74) is 7.36. The molecule has 89 valence electrons. The Bertz CT molecular complexity index is 695. The molecule has 3 aromatic rings. The zero-order valence-electron chi connectivity index (χ0n) is 10.6. The Kier molecular flexibility index (Phi) is 2.63. The highest BCUT2D eigenvalue weighted by molar-refractivity contribution is 5.78. The van der Waals surface area contributed by atoms with Crippen molar-refractivity contribution >= 4 is 11.0 Å². The number of fused-ring (bicyclic) bond motifs is 1. The van der Waals surface area contributed by atoms with E-state index in [0.29, 0.717) is 0 Å². The summed E-state index contributed by atoms with van der Waals surface area (Å²) in [6.45, 7) is 4.29. The molecule has 0 aliphatic heterocycles. The van der Waals surface area contributed by atoms with Gasteiger partial charge in [-0.2, -0.15) is 0 Å². The topological polar surface area (TPSA) is 28.7 Å². The fourth-order valence-electron chi connectivity index (χ4n) is 2.31. The maximum absolute atomic E-state index is 4.18. The third-order valence-electron chi connectivity index (χ3n) is 3.37. The Balaban J connectivity index is 2.06. The molecule has 3 rings (SSSR count). The summed E-state index contributed by atoms with van der Waals surface area (Å²) >= 11 is 0. The quantitative estimate of drug-likeness (QED) is 0.722. The molecule has 0 aliphatic carbocycles. The van der Waals surface area contributed by atoms with E-state index in [1.54, 1.807) is 0 Å². The lowest BCUT2D eigenvalue weighted by Crippen LogP contribution is -1.94. The van der Waals surface area contributed by atoms with Crippen molar-refractivity contribution in [2.45, 2.75) is 20.3 Å². The number of nitrogens with zero attached hydrogens (tertiary/aromatic N) is 1. The molecule has 2 aromatic carbocycles. The largest absolute Gasteiger partial charge is 0.335 e. The summed E-state index contributed by atoms with van der Waals surface area (Å²) in [5.74, 6) is 0. The molecule has 2 heteroatoms. The van der Waals surface area contributed by atoms with Crippen LogP contribution in [0.25, 0.3) is 11.0 Å². The molecule has 0 bridgehead atoms. The number of hydrogen-bond acceptors (Lipinski definition) is 1. The molecule has 0 fully saturated rings. The molecular formula is C16H15N2. The van der Waals surface area contributed by atoms with E-state index in [0.717, 1.165) is 17.5 Å². The average Bonchev–Trinajstić information content (AvgIpc) is 2.83. The normalized spacial score (nSPS) is 11.0. The van der Waals surface area contributed by atoms with Gasteiger partial charge in [0.1, 0.15) is 0 Å². The number of aromatic nitrogens is 2. The maximum atomic E-state index is 4.18. The summed E-state index contributed by atoms with van der Waals surface area (Å²) in [4.78, 5) is 7.29. The van der Waals surface area contributed by atoms with Crippen molar-refractivity contribution in [3.8, 4) is 0 Å². The van der Waals surface area contributed by atoms with Crippen LogP contribution >= 0.6 is 0 Å². The standard InChI is InChI=1S/C16H15N2/c1-11-6-7-12(2)14(8-11)9-13-4-3-5-15-16(13)18-10-17-15/h3-8H,9H2,1-2H3,(H,17,18). The van der Waals surface area contributed by atoms with Crippen LogP contribution in [0.4, 0.5) is 0 Å². The van der Waals surface area contributed by atoms with Crippen molar-refractivity contribution < 1.29 is 0 Å². The van der Waals surface area contributed by atoms with Gasteiger partial charge in [-0.25, -0.2) is 4.98 Å². The summed E-state index contributed by atoms with van der Waals surface area (Å²) in [5, 5.41) is 0. The first kappa shape index (κ1) is 11.0. The first-order valence-corrected chi connectivity index (χ1v) is 6.14. The van der Waals surface area contributed by atoms with E-state index in [9.17, 15) is 0 Å². The minimum atomic E-state index is 0.931. The fourth-order valence-corrected chi connectivity index (χ4v) is 2.31. The molecule has 0 saturated heterocycles. The van der Waals surface area contributed by atoms with E-state index in [1.165, 1.54) is 22.3 Å². The van der Waals surface area contributed by atoms with E-state index >= 15 is 0 Å². The number of aryl methyl sites for hydroxylation is 2. The molecule has 1 heterocycles. The van der Waals surface area contributed by atoms with Gasteiger partial charge in [-0.15, -0.1) is 0 Å². The molecule has 18 heavy (non-hydrogen) atoms. The minimum Gasteiger partial charge on any atom is -0.335 e. The van der Waals surface area contributed by atoms with Gasteiger partial charge in [0.25, 0.3) is 0 Å². The summed E-state index contributed by atoms with van der Waals surface area (Å²) in [6, 6.07) is 12.8. The van der Waals surface area contributed by atoms with Gasteiger partial charge in [0.05, 0.1) is 11.0 Å². The highest BCUT2D eigenvalue weighted by Gasteiger charge is 2.06. The van der Waals surface area contributed by atoms with Gasteiger partial charge in [0.15, 0.2) is 6.33 Å². The molecule has 1 N–H and O–H groups in total. The predicted molar refractivity (Wildman–Crippen MR) is 73.7 cm³/mol. The number of nitrogens with one attached hydrogen (secondary N) is 1. The SMILES string of the molecule is Cc1ccc(C)c(Cc2cccc3n[c][nH]c23)c1. The Morgan fingerprint density at radius 2 is 2.00 bits per heavy atom. The monoisotopic (exact) mass is 235 g/mol. The highest BCUT2D eigenvalue weighted by atomic mass is 14.9. The number of imidazole rings is 1. The molecule has 0 aliphatic rings. The van der Waals surface area contributed by atoms with Crippen LogP contribution in [0.15, 0.2) is 36.4 Å². The van der Waals surface area contributed by atoms with Gasteiger partial charge >= 0.3 is 0 Å². The number of H-pyrrole nitrogens is 1. The smallest absolute Gasteiger partial charge is 0.174 e. The molecule has 2 nitrogen and oxygen atoms in total. The number of aromatic amines is 1. The summed E-state index contributed by atoms with van der Waals surface area (Å²) in [6.07, 6.45) is 3.75. The molecule has 0 unspecified atom stereocenters. The minimum absolute atomic E-state index is 0.931. The lowest BCUT2D eigenvalue weighted by molar-refractivity contribution is 1.15. The second kappa shape index (κ2) is 4.30. The lowest BCUT2D eigenvalue weighted by atomic mass is 9.98. The van der Waals surface area contributed by atoms with Crippen LogP contribution in [0, 0.1) is 20.2 Å².